The number of nitrogens with two attached hydrogens (primary N) is 1. The normalized spacial score (nSPS) is 27.0. The van der Waals surface area contributed by atoms with Gasteiger partial charge in [-0.05, 0) is 36.8 Å². The average molecular weight is 175 g/mol. The zero-order chi connectivity index (χ0) is 9.42. The van der Waals surface area contributed by atoms with Crippen molar-refractivity contribution in [2.75, 3.05) is 0 Å². The molecule has 0 bridgehead atoms. The first-order chi connectivity index (χ1) is 6.18. The molecule has 70 valence electrons. The molecule has 0 spiro atoms. The van der Waals surface area contributed by atoms with E-state index in [0.29, 0.717) is 12.0 Å². The fraction of sp³-hybridized carbons (Fsp3) is 0.500. The van der Waals surface area contributed by atoms with Crippen LogP contribution in [0.15, 0.2) is 18.2 Å². The predicted molar refractivity (Wildman–Crippen MR) is 55.9 cm³/mol. The van der Waals surface area contributed by atoms with Crippen molar-refractivity contribution in [3.05, 3.63) is 34.9 Å². The number of hydrogen-bond acceptors (Lipinski definition) is 1. The Morgan fingerprint density at radius 1 is 1.38 bits per heavy atom. The van der Waals surface area contributed by atoms with Crippen LogP contribution in [0.25, 0.3) is 0 Å². The van der Waals surface area contributed by atoms with Crippen LogP contribution < -0.4 is 5.73 Å². The largest absolute Gasteiger partial charge is 0.327 e. The van der Waals surface area contributed by atoms with Gasteiger partial charge in [0.2, 0.25) is 0 Å². The third-order valence-corrected chi connectivity index (χ3v) is 3.18. The van der Waals surface area contributed by atoms with Crippen LogP contribution >= 0.6 is 0 Å². The van der Waals surface area contributed by atoms with E-state index < -0.39 is 0 Å². The second-order valence-electron chi connectivity index (χ2n) is 4.19. The van der Waals surface area contributed by atoms with Crippen LogP contribution in [-0.2, 0) is 6.42 Å². The fourth-order valence-electron chi connectivity index (χ4n) is 2.20. The highest BCUT2D eigenvalue weighted by atomic mass is 14.7. The Balaban J connectivity index is 2.44. The summed E-state index contributed by atoms with van der Waals surface area (Å²) in [6, 6.07) is 7.09. The van der Waals surface area contributed by atoms with Crippen molar-refractivity contribution >= 4 is 0 Å². The summed E-state index contributed by atoms with van der Waals surface area (Å²) in [7, 11) is 0. The number of fused-ring (bicyclic) bond motifs is 1. The topological polar surface area (TPSA) is 26.0 Å². The van der Waals surface area contributed by atoms with E-state index in [1.807, 2.05) is 0 Å². The zero-order valence-corrected chi connectivity index (χ0v) is 8.38. The molecule has 0 saturated carbocycles. The van der Waals surface area contributed by atoms with Gasteiger partial charge in [0.25, 0.3) is 0 Å². The average Bonchev–Trinajstić information content (AvgIpc) is 2.12. The molecule has 0 fully saturated rings. The van der Waals surface area contributed by atoms with Crippen LogP contribution in [0.1, 0.15) is 36.0 Å². The molecule has 1 heteroatoms. The number of benzene rings is 1. The molecule has 0 heterocycles. The van der Waals surface area contributed by atoms with Crippen LogP contribution in [0.4, 0.5) is 0 Å². The van der Waals surface area contributed by atoms with Crippen molar-refractivity contribution in [2.24, 2.45) is 5.73 Å². The third kappa shape index (κ3) is 1.49. The lowest BCUT2D eigenvalue weighted by atomic mass is 9.80. The Labute approximate surface area is 80.0 Å². The molecule has 2 rings (SSSR count). The van der Waals surface area contributed by atoms with Crippen LogP contribution in [0.2, 0.25) is 0 Å². The summed E-state index contributed by atoms with van der Waals surface area (Å²) in [6.07, 6.45) is 2.29. The Morgan fingerprint density at radius 3 is 2.92 bits per heavy atom. The number of hydrogen-bond donors (Lipinski definition) is 1. The lowest BCUT2D eigenvalue weighted by Crippen LogP contribution is -2.31. The van der Waals surface area contributed by atoms with Crippen LogP contribution in [0, 0.1) is 6.92 Å². The van der Waals surface area contributed by atoms with Gasteiger partial charge < -0.3 is 5.73 Å². The van der Waals surface area contributed by atoms with E-state index in [0.717, 1.165) is 12.8 Å². The quantitative estimate of drug-likeness (QED) is 0.643. The van der Waals surface area contributed by atoms with Gasteiger partial charge in [0.15, 0.2) is 0 Å². The molecule has 2 unspecified atom stereocenters. The molecular formula is C12H17N. The minimum Gasteiger partial charge on any atom is -0.327 e. The molecule has 0 radical (unpaired) electrons. The summed E-state index contributed by atoms with van der Waals surface area (Å²) in [5.74, 6) is 0.532. The highest BCUT2D eigenvalue weighted by Gasteiger charge is 2.22. The van der Waals surface area contributed by atoms with E-state index >= 15 is 0 Å². The SMILES string of the molecule is Cc1ccc2c(c1)CCC(N)C2C. The van der Waals surface area contributed by atoms with E-state index in [-0.39, 0.29) is 0 Å². The minimum atomic E-state index is 0.357. The molecule has 1 aromatic rings. The number of rotatable bonds is 0. The van der Waals surface area contributed by atoms with E-state index in [2.05, 4.69) is 32.0 Å². The van der Waals surface area contributed by atoms with E-state index in [1.54, 1.807) is 0 Å². The maximum atomic E-state index is 6.03. The lowest BCUT2D eigenvalue weighted by Gasteiger charge is -2.28. The summed E-state index contributed by atoms with van der Waals surface area (Å²) in [5, 5.41) is 0. The number of aryl methyl sites for hydroxylation is 2. The van der Waals surface area contributed by atoms with E-state index in [9.17, 15) is 0 Å². The second-order valence-corrected chi connectivity index (χ2v) is 4.19. The molecule has 1 aromatic carbocycles. The molecule has 0 amide bonds. The van der Waals surface area contributed by atoms with Gasteiger partial charge in [-0.15, -0.1) is 0 Å². The molecule has 2 N–H and O–H groups in total. The smallest absolute Gasteiger partial charge is 0.0108 e. The fourth-order valence-corrected chi connectivity index (χ4v) is 2.20. The molecule has 1 nitrogen and oxygen atoms in total. The molecular weight excluding hydrogens is 158 g/mol. The van der Waals surface area contributed by atoms with Crippen LogP contribution in [0.3, 0.4) is 0 Å². The lowest BCUT2D eigenvalue weighted by molar-refractivity contribution is 0.497. The highest BCUT2D eigenvalue weighted by molar-refractivity contribution is 5.36. The molecule has 1 aliphatic rings. The van der Waals surface area contributed by atoms with E-state index in [1.165, 1.54) is 16.7 Å². The Kier molecular flexibility index (Phi) is 2.12. The first kappa shape index (κ1) is 8.76. The summed E-state index contributed by atoms with van der Waals surface area (Å²) >= 11 is 0. The molecule has 0 aromatic heterocycles. The van der Waals surface area contributed by atoms with Crippen molar-refractivity contribution in [1.82, 2.24) is 0 Å². The summed E-state index contributed by atoms with van der Waals surface area (Å²) in [4.78, 5) is 0. The van der Waals surface area contributed by atoms with Crippen LogP contribution in [0.5, 0.6) is 0 Å². The van der Waals surface area contributed by atoms with Crippen LogP contribution in [-0.4, -0.2) is 6.04 Å². The van der Waals surface area contributed by atoms with Gasteiger partial charge in [0, 0.05) is 6.04 Å². The van der Waals surface area contributed by atoms with Crippen molar-refractivity contribution in [3.63, 3.8) is 0 Å². The third-order valence-electron chi connectivity index (χ3n) is 3.18. The summed E-state index contributed by atoms with van der Waals surface area (Å²) < 4.78 is 0. The van der Waals surface area contributed by atoms with Crippen molar-refractivity contribution in [1.29, 1.82) is 0 Å². The molecule has 0 saturated heterocycles. The second kappa shape index (κ2) is 3.15. The maximum Gasteiger partial charge on any atom is 0.0108 e. The molecule has 0 aliphatic heterocycles. The van der Waals surface area contributed by atoms with Gasteiger partial charge >= 0.3 is 0 Å². The van der Waals surface area contributed by atoms with Gasteiger partial charge in [-0.1, -0.05) is 30.7 Å². The monoisotopic (exact) mass is 175 g/mol. The first-order valence-electron chi connectivity index (χ1n) is 5.03. The van der Waals surface area contributed by atoms with E-state index in [4.69, 9.17) is 5.73 Å². The van der Waals surface area contributed by atoms with Gasteiger partial charge in [0.1, 0.15) is 0 Å². The predicted octanol–water partition coefficient (Wildman–Crippen LogP) is 2.37. The van der Waals surface area contributed by atoms with Gasteiger partial charge in [-0.3, -0.25) is 0 Å². The summed E-state index contributed by atoms with van der Waals surface area (Å²) in [6.45, 7) is 4.39. The Hall–Kier alpha value is -0.820. The molecule has 13 heavy (non-hydrogen) atoms. The Bertz CT molecular complexity index is 317. The maximum absolute atomic E-state index is 6.03. The standard InChI is InChI=1S/C12H17N/c1-8-3-5-11-9(2)12(13)6-4-10(11)7-8/h3,5,7,9,12H,4,6,13H2,1-2H3. The van der Waals surface area contributed by atoms with Crippen molar-refractivity contribution in [2.45, 2.75) is 38.6 Å². The Morgan fingerprint density at radius 2 is 2.15 bits per heavy atom. The van der Waals surface area contributed by atoms with Crippen molar-refractivity contribution < 1.29 is 0 Å². The van der Waals surface area contributed by atoms with Gasteiger partial charge in [-0.2, -0.15) is 0 Å². The summed E-state index contributed by atoms with van der Waals surface area (Å²) in [5.41, 5.74) is 10.4. The zero-order valence-electron chi connectivity index (χ0n) is 8.38. The molecule has 2 atom stereocenters. The van der Waals surface area contributed by atoms with Gasteiger partial charge in [-0.25, -0.2) is 0 Å². The highest BCUT2D eigenvalue weighted by Crippen LogP contribution is 2.30. The van der Waals surface area contributed by atoms with Crippen molar-refractivity contribution in [3.8, 4) is 0 Å². The first-order valence-corrected chi connectivity index (χ1v) is 5.03. The van der Waals surface area contributed by atoms with Gasteiger partial charge in [0.05, 0.1) is 0 Å². The molecule has 1 aliphatic carbocycles. The minimum absolute atomic E-state index is 0.357.